The summed E-state index contributed by atoms with van der Waals surface area (Å²) in [5.41, 5.74) is 1.05. The van der Waals surface area contributed by atoms with Gasteiger partial charge >= 0.3 is 12.0 Å². The smallest absolute Gasteiger partial charge is 0.338 e. The summed E-state index contributed by atoms with van der Waals surface area (Å²) in [4.78, 5) is 28.0. The number of rotatable bonds is 4. The monoisotopic (exact) mass is 395 g/mol. The molecule has 2 saturated heterocycles. The van der Waals surface area contributed by atoms with E-state index in [1.165, 1.54) is 0 Å². The van der Waals surface area contributed by atoms with Crippen molar-refractivity contribution in [3.63, 3.8) is 0 Å². The van der Waals surface area contributed by atoms with E-state index in [9.17, 15) is 18.0 Å². The van der Waals surface area contributed by atoms with Gasteiger partial charge in [-0.3, -0.25) is 4.90 Å². The molecule has 0 saturated carbocycles. The van der Waals surface area contributed by atoms with E-state index in [2.05, 4.69) is 10.2 Å². The van der Waals surface area contributed by atoms with Crippen molar-refractivity contribution in [3.8, 4) is 0 Å². The number of hydrogen-bond donors (Lipinski definition) is 1. The van der Waals surface area contributed by atoms with Crippen LogP contribution < -0.4 is 5.32 Å². The van der Waals surface area contributed by atoms with Gasteiger partial charge in [-0.1, -0.05) is 0 Å². The molecule has 1 atom stereocenters. The lowest BCUT2D eigenvalue weighted by Gasteiger charge is -2.37. The van der Waals surface area contributed by atoms with E-state index in [0.29, 0.717) is 50.5 Å². The molecule has 1 N–H and O–H groups in total. The molecule has 1 aromatic carbocycles. The van der Waals surface area contributed by atoms with E-state index in [4.69, 9.17) is 4.74 Å². The van der Waals surface area contributed by atoms with Crippen LogP contribution in [0, 0.1) is 0 Å². The minimum absolute atomic E-state index is 0.0793. The maximum absolute atomic E-state index is 12.4. The summed E-state index contributed by atoms with van der Waals surface area (Å²) in [5, 5.41) is 2.83. The molecule has 0 spiro atoms. The fraction of sp³-hybridized carbons (Fsp3) is 0.556. The Balaban J connectivity index is 1.49. The van der Waals surface area contributed by atoms with Crippen LogP contribution in [-0.2, 0) is 14.6 Å². The Hall–Kier alpha value is -2.13. The quantitative estimate of drug-likeness (QED) is 0.770. The van der Waals surface area contributed by atoms with Crippen molar-refractivity contribution in [2.45, 2.75) is 19.4 Å². The fourth-order valence-electron chi connectivity index (χ4n) is 3.46. The zero-order chi connectivity index (χ0) is 19.4. The molecule has 9 heteroatoms. The molecule has 0 bridgehead atoms. The molecule has 1 unspecified atom stereocenters. The molecule has 0 radical (unpaired) electrons. The molecule has 0 aliphatic carbocycles. The van der Waals surface area contributed by atoms with Gasteiger partial charge in [0.05, 0.1) is 23.7 Å². The Bertz CT molecular complexity index is 786. The van der Waals surface area contributed by atoms with Crippen LogP contribution in [0.15, 0.2) is 24.3 Å². The Kier molecular flexibility index (Phi) is 6.01. The molecule has 1 aromatic rings. The lowest BCUT2D eigenvalue weighted by atomic mass is 10.2. The topological polar surface area (TPSA) is 96.0 Å². The number of ether oxygens (including phenoxy) is 1. The van der Waals surface area contributed by atoms with Crippen LogP contribution in [0.3, 0.4) is 0 Å². The maximum atomic E-state index is 12.4. The second kappa shape index (κ2) is 8.26. The number of piperazine rings is 1. The van der Waals surface area contributed by atoms with Crippen LogP contribution in [0.2, 0.25) is 0 Å². The van der Waals surface area contributed by atoms with Gasteiger partial charge in [-0.15, -0.1) is 0 Å². The summed E-state index contributed by atoms with van der Waals surface area (Å²) in [5.74, 6) is 0.104. The molecule has 2 aliphatic heterocycles. The van der Waals surface area contributed by atoms with Gasteiger partial charge in [-0.2, -0.15) is 0 Å². The Morgan fingerprint density at radius 3 is 2.37 bits per heavy atom. The summed E-state index contributed by atoms with van der Waals surface area (Å²) in [7, 11) is -2.90. The van der Waals surface area contributed by atoms with E-state index in [1.807, 2.05) is 0 Å². The van der Waals surface area contributed by atoms with Crippen LogP contribution in [-0.4, -0.2) is 80.6 Å². The number of esters is 1. The van der Waals surface area contributed by atoms with Gasteiger partial charge in [0.25, 0.3) is 0 Å². The first-order valence-electron chi connectivity index (χ1n) is 9.15. The van der Waals surface area contributed by atoms with Gasteiger partial charge in [0, 0.05) is 37.9 Å². The van der Waals surface area contributed by atoms with E-state index >= 15 is 0 Å². The molecule has 0 aromatic heterocycles. The van der Waals surface area contributed by atoms with Gasteiger partial charge in [-0.05, 0) is 37.6 Å². The summed E-state index contributed by atoms with van der Waals surface area (Å²) < 4.78 is 28.2. The van der Waals surface area contributed by atoms with Crippen molar-refractivity contribution >= 4 is 27.5 Å². The minimum atomic E-state index is -2.90. The third-order valence-electron chi connectivity index (χ3n) is 4.97. The van der Waals surface area contributed by atoms with Crippen molar-refractivity contribution in [1.82, 2.24) is 9.80 Å². The highest BCUT2D eigenvalue weighted by molar-refractivity contribution is 7.91. The van der Waals surface area contributed by atoms with Crippen LogP contribution in [0.1, 0.15) is 23.7 Å². The number of sulfone groups is 1. The Morgan fingerprint density at radius 1 is 1.15 bits per heavy atom. The zero-order valence-corrected chi connectivity index (χ0v) is 16.2. The van der Waals surface area contributed by atoms with Gasteiger partial charge in [0.1, 0.15) is 0 Å². The molecule has 2 heterocycles. The molecule has 8 nitrogen and oxygen atoms in total. The molecule has 2 aliphatic rings. The maximum Gasteiger partial charge on any atom is 0.338 e. The van der Waals surface area contributed by atoms with Crippen LogP contribution in [0.5, 0.6) is 0 Å². The lowest BCUT2D eigenvalue weighted by molar-refractivity contribution is 0.0526. The highest BCUT2D eigenvalue weighted by atomic mass is 32.2. The summed E-state index contributed by atoms with van der Waals surface area (Å²) in [6.07, 6.45) is 0.682. The average molecular weight is 395 g/mol. The third-order valence-corrected chi connectivity index (χ3v) is 6.72. The summed E-state index contributed by atoms with van der Waals surface area (Å²) in [6, 6.07) is 6.46. The first-order chi connectivity index (χ1) is 12.9. The molecule has 27 heavy (non-hydrogen) atoms. The second-order valence-corrected chi connectivity index (χ2v) is 9.04. The van der Waals surface area contributed by atoms with Crippen LogP contribution in [0.25, 0.3) is 0 Å². The number of benzene rings is 1. The fourth-order valence-corrected chi connectivity index (χ4v) is 5.22. The first kappa shape index (κ1) is 19.6. The highest BCUT2D eigenvalue weighted by Crippen LogP contribution is 2.19. The minimum Gasteiger partial charge on any atom is -0.462 e. The van der Waals surface area contributed by atoms with Gasteiger partial charge in [0.2, 0.25) is 0 Å². The Morgan fingerprint density at radius 2 is 1.81 bits per heavy atom. The molecule has 148 valence electrons. The van der Waals surface area contributed by atoms with Crippen LogP contribution in [0.4, 0.5) is 10.5 Å². The number of nitrogens with one attached hydrogen (secondary N) is 1. The summed E-state index contributed by atoms with van der Waals surface area (Å²) >= 11 is 0. The first-order valence-corrected chi connectivity index (χ1v) is 11.0. The molecule has 2 fully saturated rings. The van der Waals surface area contributed by atoms with Crippen molar-refractivity contribution < 1.29 is 22.7 Å². The normalized spacial score (nSPS) is 22.4. The predicted molar refractivity (Wildman–Crippen MR) is 102 cm³/mol. The largest absolute Gasteiger partial charge is 0.462 e. The molecular formula is C18H25N3O5S. The van der Waals surface area contributed by atoms with Crippen molar-refractivity contribution in [1.29, 1.82) is 0 Å². The molecular weight excluding hydrogens is 370 g/mol. The van der Waals surface area contributed by atoms with E-state index in [1.54, 1.807) is 36.1 Å². The zero-order valence-electron chi connectivity index (χ0n) is 15.4. The van der Waals surface area contributed by atoms with Crippen molar-refractivity contribution in [3.05, 3.63) is 29.8 Å². The molecule has 3 rings (SSSR count). The van der Waals surface area contributed by atoms with Crippen molar-refractivity contribution in [2.75, 3.05) is 49.6 Å². The van der Waals surface area contributed by atoms with Gasteiger partial charge < -0.3 is 15.0 Å². The summed E-state index contributed by atoms with van der Waals surface area (Å²) in [6.45, 7) is 4.53. The van der Waals surface area contributed by atoms with Gasteiger partial charge in [-0.25, -0.2) is 18.0 Å². The highest BCUT2D eigenvalue weighted by Gasteiger charge is 2.34. The van der Waals surface area contributed by atoms with Gasteiger partial charge in [0.15, 0.2) is 9.84 Å². The van der Waals surface area contributed by atoms with E-state index in [-0.39, 0.29) is 29.5 Å². The van der Waals surface area contributed by atoms with E-state index in [0.717, 1.165) is 0 Å². The number of nitrogens with zero attached hydrogens (tertiary/aromatic N) is 2. The predicted octanol–water partition coefficient (Wildman–Crippen LogP) is 1.20. The Labute approximate surface area is 159 Å². The number of urea groups is 1. The SMILES string of the molecule is CCOC(=O)c1ccc(NC(=O)N2CCN(C3CCS(=O)(=O)C3)CC2)cc1. The van der Waals surface area contributed by atoms with Crippen molar-refractivity contribution in [2.24, 2.45) is 0 Å². The number of hydrogen-bond acceptors (Lipinski definition) is 6. The standard InChI is InChI=1S/C18H25N3O5S/c1-2-26-17(22)14-3-5-15(6-4-14)19-18(23)21-10-8-20(9-11-21)16-7-12-27(24,25)13-16/h3-6,16H,2,7-13H2,1H3,(H,19,23). The van der Waals surface area contributed by atoms with E-state index < -0.39 is 9.84 Å². The van der Waals surface area contributed by atoms with Crippen LogP contribution >= 0.6 is 0 Å². The number of amides is 2. The average Bonchev–Trinajstić information content (AvgIpc) is 3.02. The molecule has 2 amide bonds. The second-order valence-electron chi connectivity index (χ2n) is 6.81. The lowest BCUT2D eigenvalue weighted by Crippen LogP contribution is -2.53. The number of carbonyl (C=O) groups is 2. The number of anilines is 1. The third kappa shape index (κ3) is 4.98. The number of carbonyl (C=O) groups excluding carboxylic acids is 2.